The fraction of sp³-hybridized carbons (Fsp3) is 0.429. The standard InChI is InChI=1S/C14H15N3O7/c1-17(5-4-8(15)16-14(17)21)13-12-11(7(6-18)22-13)23-9(19)2-3-10(20)24-12/h2-5,7,11-13,18H,6H2,1H3,(H-,15,16,21)/p+1/b3-2-/t7-,11?,12+,13-,17?/m1/s1. The van der Waals surface area contributed by atoms with Crippen LogP contribution in [0.3, 0.4) is 0 Å². The number of aliphatic hydroxyl groups excluding tert-OH is 1. The Morgan fingerprint density at radius 3 is 2.38 bits per heavy atom. The smallest absolute Gasteiger partial charge is 0.451 e. The molecule has 0 saturated carbocycles. The van der Waals surface area contributed by atoms with Crippen molar-refractivity contribution >= 4 is 23.8 Å². The molecule has 0 aromatic rings. The normalized spacial score (nSPS) is 40.1. The number of esters is 2. The predicted molar refractivity (Wildman–Crippen MR) is 77.0 cm³/mol. The Hall–Kier alpha value is -2.56. The van der Waals surface area contributed by atoms with Gasteiger partial charge in [-0.25, -0.2) is 14.4 Å². The molecular weight excluding hydrogens is 322 g/mol. The monoisotopic (exact) mass is 338 g/mol. The zero-order valence-electron chi connectivity index (χ0n) is 12.7. The van der Waals surface area contributed by atoms with Crippen molar-refractivity contribution < 1.29 is 38.2 Å². The van der Waals surface area contributed by atoms with Crippen LogP contribution < -0.4 is 5.73 Å². The Kier molecular flexibility index (Phi) is 3.95. The lowest BCUT2D eigenvalue weighted by Gasteiger charge is -2.34. The fourth-order valence-electron chi connectivity index (χ4n) is 2.78. The highest BCUT2D eigenvalue weighted by molar-refractivity contribution is 5.99. The fourth-order valence-corrected chi connectivity index (χ4v) is 2.78. The lowest BCUT2D eigenvalue weighted by Crippen LogP contribution is -2.58. The second kappa shape index (κ2) is 5.82. The van der Waals surface area contributed by atoms with Gasteiger partial charge in [0, 0.05) is 18.2 Å². The number of amides is 2. The molecule has 0 spiro atoms. The number of nitrogens with two attached hydrogens (primary N) is 1. The number of rotatable bonds is 2. The van der Waals surface area contributed by atoms with Crippen LogP contribution in [0, 0.1) is 0 Å². The highest BCUT2D eigenvalue weighted by Gasteiger charge is 2.60. The van der Waals surface area contributed by atoms with Crippen molar-refractivity contribution in [2.75, 3.05) is 13.7 Å². The zero-order chi connectivity index (χ0) is 17.5. The number of carbonyl (C=O) groups is 3. The van der Waals surface area contributed by atoms with Gasteiger partial charge in [-0.2, -0.15) is 4.48 Å². The van der Waals surface area contributed by atoms with Crippen LogP contribution >= 0.6 is 0 Å². The molecule has 10 heteroatoms. The van der Waals surface area contributed by atoms with Crippen LogP contribution in [0.5, 0.6) is 0 Å². The minimum absolute atomic E-state index is 0.0351. The Morgan fingerprint density at radius 1 is 1.17 bits per heavy atom. The number of hydrogen-bond donors (Lipinski definition) is 2. The average Bonchev–Trinajstić information content (AvgIpc) is 2.86. The van der Waals surface area contributed by atoms with E-state index in [4.69, 9.17) is 19.9 Å². The average molecular weight is 338 g/mol. The van der Waals surface area contributed by atoms with Gasteiger partial charge in [-0.15, -0.1) is 4.99 Å². The third-order valence-electron chi connectivity index (χ3n) is 4.05. The first-order chi connectivity index (χ1) is 11.3. The van der Waals surface area contributed by atoms with Gasteiger partial charge in [0.15, 0.2) is 6.10 Å². The van der Waals surface area contributed by atoms with Crippen molar-refractivity contribution in [2.45, 2.75) is 24.5 Å². The summed E-state index contributed by atoms with van der Waals surface area (Å²) in [5.74, 6) is -1.51. The maximum Gasteiger partial charge on any atom is 0.451 e. The van der Waals surface area contributed by atoms with Gasteiger partial charge in [-0.1, -0.05) is 0 Å². The van der Waals surface area contributed by atoms with Gasteiger partial charge in [0.25, 0.3) is 0 Å². The molecule has 24 heavy (non-hydrogen) atoms. The molecule has 128 valence electrons. The van der Waals surface area contributed by atoms with Crippen LogP contribution in [-0.2, 0) is 23.8 Å². The van der Waals surface area contributed by atoms with Crippen LogP contribution in [0.1, 0.15) is 0 Å². The summed E-state index contributed by atoms with van der Waals surface area (Å²) in [7, 11) is 1.49. The molecule has 5 atom stereocenters. The number of ether oxygens (including phenoxy) is 3. The maximum atomic E-state index is 12.3. The van der Waals surface area contributed by atoms with Crippen LogP contribution in [0.15, 0.2) is 29.4 Å². The van der Waals surface area contributed by atoms with Crippen molar-refractivity contribution in [2.24, 2.45) is 10.7 Å². The van der Waals surface area contributed by atoms with Gasteiger partial charge >= 0.3 is 18.0 Å². The summed E-state index contributed by atoms with van der Waals surface area (Å²) in [6.07, 6.45) is 0.537. The lowest BCUT2D eigenvalue weighted by molar-refractivity contribution is -0.834. The molecule has 0 aliphatic carbocycles. The molecule has 3 aliphatic rings. The summed E-state index contributed by atoms with van der Waals surface area (Å²) >= 11 is 0. The summed E-state index contributed by atoms with van der Waals surface area (Å²) in [6.45, 7) is -0.491. The molecule has 0 bridgehead atoms. The number of fused-ring (bicyclic) bond motifs is 1. The van der Waals surface area contributed by atoms with E-state index in [2.05, 4.69) is 4.99 Å². The lowest BCUT2D eigenvalue weighted by atomic mass is 10.1. The number of likely N-dealkylation sites (N-methyl/N-ethyl adjacent to an activating group) is 1. The van der Waals surface area contributed by atoms with Gasteiger partial charge in [0.2, 0.25) is 12.3 Å². The van der Waals surface area contributed by atoms with E-state index in [9.17, 15) is 19.5 Å². The molecule has 3 aliphatic heterocycles. The summed E-state index contributed by atoms with van der Waals surface area (Å²) in [5.41, 5.74) is 5.50. The van der Waals surface area contributed by atoms with E-state index in [1.54, 1.807) is 0 Å². The Labute approximate surface area is 136 Å². The summed E-state index contributed by atoms with van der Waals surface area (Å²) in [6, 6.07) is -0.641. The highest BCUT2D eigenvalue weighted by Crippen LogP contribution is 2.35. The molecule has 2 amide bonds. The zero-order valence-corrected chi connectivity index (χ0v) is 12.7. The van der Waals surface area contributed by atoms with Crippen molar-refractivity contribution in [3.8, 4) is 0 Å². The third-order valence-corrected chi connectivity index (χ3v) is 4.05. The van der Waals surface area contributed by atoms with Gasteiger partial charge in [0.05, 0.1) is 13.7 Å². The van der Waals surface area contributed by atoms with E-state index in [1.165, 1.54) is 19.3 Å². The number of aliphatic imine (C=N–C) groups is 1. The maximum absolute atomic E-state index is 12.3. The van der Waals surface area contributed by atoms with Crippen molar-refractivity contribution in [3.05, 3.63) is 24.4 Å². The van der Waals surface area contributed by atoms with E-state index in [0.717, 1.165) is 12.2 Å². The predicted octanol–water partition coefficient (Wildman–Crippen LogP) is -1.45. The van der Waals surface area contributed by atoms with E-state index in [1.807, 2.05) is 0 Å². The SMILES string of the molecule is C[N+]1([C@@H]2O[C@H](CO)C3OC(=O)/C=C\C(=O)O[C@@H]32)C=CC(N)=NC1=O. The van der Waals surface area contributed by atoms with E-state index >= 15 is 0 Å². The van der Waals surface area contributed by atoms with E-state index < -0.39 is 53.6 Å². The van der Waals surface area contributed by atoms with Crippen molar-refractivity contribution in [3.63, 3.8) is 0 Å². The number of nitrogens with zero attached hydrogens (tertiary/aromatic N) is 2. The molecular formula is C14H16N3O7+. The van der Waals surface area contributed by atoms with Gasteiger partial charge in [0.1, 0.15) is 18.1 Å². The molecule has 1 saturated heterocycles. The van der Waals surface area contributed by atoms with Crippen LogP contribution in [0.2, 0.25) is 0 Å². The molecule has 2 unspecified atom stereocenters. The number of hydrogen-bond acceptors (Lipinski definition) is 8. The number of aliphatic hydroxyl groups is 1. The minimum Gasteiger partial charge on any atom is -0.452 e. The molecule has 3 heterocycles. The van der Waals surface area contributed by atoms with E-state index in [0.29, 0.717) is 0 Å². The number of quaternary nitrogens is 1. The van der Waals surface area contributed by atoms with Crippen LogP contribution in [0.25, 0.3) is 0 Å². The topological polar surface area (TPSA) is 138 Å². The molecule has 3 N–H and O–H groups in total. The Bertz CT molecular complexity index is 686. The number of amidine groups is 1. The summed E-state index contributed by atoms with van der Waals surface area (Å²) in [5, 5.41) is 9.50. The first-order valence-corrected chi connectivity index (χ1v) is 7.14. The quantitative estimate of drug-likeness (QED) is 0.461. The van der Waals surface area contributed by atoms with Crippen molar-refractivity contribution in [1.29, 1.82) is 0 Å². The first-order valence-electron chi connectivity index (χ1n) is 7.14. The Balaban J connectivity index is 1.98. The summed E-state index contributed by atoms with van der Waals surface area (Å²) in [4.78, 5) is 39.5. The largest absolute Gasteiger partial charge is 0.452 e. The van der Waals surface area contributed by atoms with Gasteiger partial charge in [-0.05, 0) is 0 Å². The molecule has 1 fully saturated rings. The first kappa shape index (κ1) is 16.3. The number of carbonyl (C=O) groups excluding carboxylic acids is 3. The van der Waals surface area contributed by atoms with Crippen LogP contribution in [-0.4, -0.2) is 71.6 Å². The van der Waals surface area contributed by atoms with Crippen LogP contribution in [0.4, 0.5) is 4.79 Å². The van der Waals surface area contributed by atoms with Gasteiger partial charge < -0.3 is 25.1 Å². The molecule has 0 radical (unpaired) electrons. The minimum atomic E-state index is -1.10. The van der Waals surface area contributed by atoms with Gasteiger partial charge in [-0.3, -0.25) is 0 Å². The van der Waals surface area contributed by atoms with Crippen molar-refractivity contribution in [1.82, 2.24) is 0 Å². The number of urea groups is 1. The molecule has 10 nitrogen and oxygen atoms in total. The molecule has 3 rings (SSSR count). The highest BCUT2D eigenvalue weighted by atomic mass is 16.7. The van der Waals surface area contributed by atoms with E-state index in [-0.39, 0.29) is 5.84 Å². The third kappa shape index (κ3) is 2.60. The molecule has 0 aromatic carbocycles. The Morgan fingerprint density at radius 2 is 1.79 bits per heavy atom. The summed E-state index contributed by atoms with van der Waals surface area (Å²) < 4.78 is 15.6. The second-order valence-electron chi connectivity index (χ2n) is 5.67. The molecule has 0 aromatic heterocycles. The second-order valence-corrected chi connectivity index (χ2v) is 5.67.